The molecule has 0 fully saturated rings. The molecular weight excluding hydrogens is 322 g/mol. The minimum Gasteiger partial charge on any atom is -0.870 e. The van der Waals surface area contributed by atoms with Crippen LogP contribution in [0.25, 0.3) is 0 Å². The molecule has 0 aliphatic carbocycles. The summed E-state index contributed by atoms with van der Waals surface area (Å²) in [6.45, 7) is 0. The Kier molecular flexibility index (Phi) is 123000. The van der Waals surface area contributed by atoms with Crippen molar-refractivity contribution in [2.75, 3.05) is 0 Å². The van der Waals surface area contributed by atoms with Crippen LogP contribution in [-0.4, -0.2) is 76.7 Å². The molecule has 14 nitrogen and oxygen atoms in total. The zero-order chi connectivity index (χ0) is 0. The quantitative estimate of drug-likeness (QED) is 0.384. The fourth-order valence-electron chi connectivity index (χ4n) is 0. The Morgan fingerprint density at radius 2 is 0.235 bits per heavy atom. The number of hydrogen-bond acceptors (Lipinski definition) is 2. The molecule has 0 radical (unpaired) electrons. The van der Waals surface area contributed by atoms with E-state index < -0.39 is 0 Å². The second kappa shape index (κ2) is 1330. The SMILES string of the molecule is O.O.O.O.O.O.O.O.O.O.O.O.[Cr].[Na+].[Na+].[OH-].[OH-]. The molecule has 0 saturated carbocycles. The third kappa shape index (κ3) is 1180. The molecular formula is H26CrNa2O14. The minimum absolute atomic E-state index is 0. The van der Waals surface area contributed by atoms with Crippen molar-refractivity contribution < 1.29 is 153 Å². The standard InChI is InChI=1S/Cr.2Na.14H2O/h;;;14*1H2/q;2*+1;;;;;;;;;;;;;;/p-2. The molecule has 0 saturated heterocycles. The third-order valence-electron chi connectivity index (χ3n) is 0. The normalized spacial score (nSPS) is 0. The van der Waals surface area contributed by atoms with Gasteiger partial charge in [0.1, 0.15) is 0 Å². The van der Waals surface area contributed by atoms with Crippen LogP contribution in [0.5, 0.6) is 0 Å². The van der Waals surface area contributed by atoms with Gasteiger partial charge in [-0.2, -0.15) is 0 Å². The first-order chi connectivity index (χ1) is 0. The minimum atomic E-state index is 0. The maximum absolute atomic E-state index is 0. The molecule has 0 amide bonds. The van der Waals surface area contributed by atoms with Crippen molar-refractivity contribution in [1.29, 1.82) is 0 Å². The van der Waals surface area contributed by atoms with Gasteiger partial charge >= 0.3 is 59.1 Å². The van der Waals surface area contributed by atoms with Gasteiger partial charge in [-0.1, -0.05) is 0 Å². The molecule has 0 atom stereocenters. The molecule has 0 spiro atoms. The number of rotatable bonds is 0. The smallest absolute Gasteiger partial charge is 0.870 e. The molecule has 0 aromatic heterocycles. The Morgan fingerprint density at radius 1 is 0.235 bits per heavy atom. The Balaban J connectivity index is 0. The van der Waals surface area contributed by atoms with Gasteiger partial charge in [-0.25, -0.2) is 0 Å². The van der Waals surface area contributed by atoms with Crippen molar-refractivity contribution in [3.63, 3.8) is 0 Å². The molecule has 0 rings (SSSR count). The summed E-state index contributed by atoms with van der Waals surface area (Å²) in [6, 6.07) is 0. The van der Waals surface area contributed by atoms with Crippen LogP contribution in [0.3, 0.4) is 0 Å². The van der Waals surface area contributed by atoms with Crippen molar-refractivity contribution in [1.82, 2.24) is 0 Å². The van der Waals surface area contributed by atoms with Crippen molar-refractivity contribution in [2.24, 2.45) is 0 Å². The van der Waals surface area contributed by atoms with E-state index in [1.165, 1.54) is 0 Å². The molecule has 17 heavy (non-hydrogen) atoms. The molecule has 0 heterocycles. The van der Waals surface area contributed by atoms with Gasteiger partial charge in [-0.05, 0) is 0 Å². The summed E-state index contributed by atoms with van der Waals surface area (Å²) < 4.78 is 0. The summed E-state index contributed by atoms with van der Waals surface area (Å²) in [6.07, 6.45) is 0. The first-order valence-corrected chi connectivity index (χ1v) is 0. The molecule has 0 bridgehead atoms. The van der Waals surface area contributed by atoms with Gasteiger partial charge in [0.05, 0.1) is 0 Å². The average molecular weight is 348 g/mol. The fraction of sp³-hybridized carbons (Fsp3) is 0. The van der Waals surface area contributed by atoms with Gasteiger partial charge in [0.15, 0.2) is 0 Å². The van der Waals surface area contributed by atoms with E-state index in [-0.39, 0.29) is 153 Å². The maximum atomic E-state index is 0. The summed E-state index contributed by atoms with van der Waals surface area (Å²) in [7, 11) is 0. The summed E-state index contributed by atoms with van der Waals surface area (Å²) >= 11 is 0. The van der Waals surface area contributed by atoms with Crippen LogP contribution >= 0.6 is 0 Å². The van der Waals surface area contributed by atoms with Gasteiger partial charge in [-0.3, -0.25) is 0 Å². The van der Waals surface area contributed by atoms with Gasteiger partial charge in [0.2, 0.25) is 0 Å². The van der Waals surface area contributed by atoms with E-state index in [4.69, 9.17) is 0 Å². The summed E-state index contributed by atoms with van der Waals surface area (Å²) in [5.74, 6) is 0. The van der Waals surface area contributed by atoms with Gasteiger partial charge in [0, 0.05) is 17.4 Å². The molecule has 17 heteroatoms. The van der Waals surface area contributed by atoms with E-state index in [2.05, 4.69) is 0 Å². The van der Waals surface area contributed by atoms with Crippen LogP contribution in [-0.2, 0) is 17.4 Å². The van der Waals surface area contributed by atoms with Crippen molar-refractivity contribution in [2.45, 2.75) is 0 Å². The zero-order valence-corrected chi connectivity index (χ0v) is 14.6. The van der Waals surface area contributed by atoms with Crippen LogP contribution in [0.4, 0.5) is 0 Å². The summed E-state index contributed by atoms with van der Waals surface area (Å²) in [5.41, 5.74) is 0. The van der Waals surface area contributed by atoms with E-state index in [9.17, 15) is 0 Å². The molecule has 0 aliphatic heterocycles. The van der Waals surface area contributed by atoms with E-state index in [0.717, 1.165) is 0 Å². The van der Waals surface area contributed by atoms with E-state index in [1.807, 2.05) is 0 Å². The zero-order valence-electron chi connectivity index (χ0n) is 9.30. The Hall–Kier alpha value is 1.97. The molecule has 0 aromatic rings. The van der Waals surface area contributed by atoms with E-state index in [1.54, 1.807) is 0 Å². The van der Waals surface area contributed by atoms with Gasteiger partial charge < -0.3 is 76.7 Å². The van der Waals surface area contributed by atoms with E-state index in [0.29, 0.717) is 0 Å². The van der Waals surface area contributed by atoms with Crippen LogP contribution in [0, 0.1) is 0 Å². The van der Waals surface area contributed by atoms with Crippen molar-refractivity contribution in [3.8, 4) is 0 Å². The van der Waals surface area contributed by atoms with Gasteiger partial charge in [0.25, 0.3) is 0 Å². The number of hydrogen-bond donors (Lipinski definition) is 0. The largest absolute Gasteiger partial charge is 1.00 e. The van der Waals surface area contributed by atoms with Crippen molar-refractivity contribution >= 4 is 0 Å². The third-order valence-corrected chi connectivity index (χ3v) is 0. The predicted molar refractivity (Wildman–Crippen MR) is 47.2 cm³/mol. The second-order valence-corrected chi connectivity index (χ2v) is 0. The Bertz CT molecular complexity index is 14.2. The second-order valence-electron chi connectivity index (χ2n) is 0. The Morgan fingerprint density at radius 3 is 0.235 bits per heavy atom. The van der Waals surface area contributed by atoms with Crippen LogP contribution in [0.2, 0.25) is 0 Å². The summed E-state index contributed by atoms with van der Waals surface area (Å²) in [4.78, 5) is 0. The fourth-order valence-corrected chi connectivity index (χ4v) is 0. The average Bonchev–Trinajstić information content (AvgIpc) is 0. The topological polar surface area (TPSA) is 438 Å². The Labute approximate surface area is 152 Å². The first-order valence-electron chi connectivity index (χ1n) is 0. The molecule has 26 N–H and O–H groups in total. The van der Waals surface area contributed by atoms with Crippen LogP contribution in [0.1, 0.15) is 0 Å². The molecule has 118 valence electrons. The van der Waals surface area contributed by atoms with Crippen LogP contribution in [0.15, 0.2) is 0 Å². The van der Waals surface area contributed by atoms with Crippen molar-refractivity contribution in [3.05, 3.63) is 0 Å². The summed E-state index contributed by atoms with van der Waals surface area (Å²) in [5, 5.41) is 0. The maximum Gasteiger partial charge on any atom is 1.00 e. The molecule has 0 unspecified atom stereocenters. The first kappa shape index (κ1) is 1580. The van der Waals surface area contributed by atoms with Crippen LogP contribution < -0.4 is 59.1 Å². The molecule has 0 aromatic carbocycles. The van der Waals surface area contributed by atoms with E-state index >= 15 is 0 Å². The monoisotopic (exact) mass is 348 g/mol. The predicted octanol–water partition coefficient (Wildman–Crippen LogP) is -16.2. The van der Waals surface area contributed by atoms with Gasteiger partial charge in [-0.15, -0.1) is 0 Å². The molecule has 0 aliphatic rings.